The molecule has 1 fully saturated rings. The lowest BCUT2D eigenvalue weighted by molar-refractivity contribution is -0.124. The quantitative estimate of drug-likeness (QED) is 0.841. The molecule has 1 N–H and O–H groups in total. The van der Waals surface area contributed by atoms with Crippen LogP contribution in [0.5, 0.6) is 0 Å². The monoisotopic (exact) mass is 398 g/mol. The molecule has 0 saturated carbocycles. The molecular formula is C17H19ClN2O3S2. The lowest BCUT2D eigenvalue weighted by Crippen LogP contribution is -2.45. The van der Waals surface area contributed by atoms with E-state index < -0.39 is 16.1 Å². The number of thiophene rings is 1. The average Bonchev–Trinajstić information content (AvgIpc) is 3.23. The Morgan fingerprint density at radius 2 is 2.00 bits per heavy atom. The van der Waals surface area contributed by atoms with E-state index in [1.165, 1.54) is 10.4 Å². The SMILES string of the molecule is Cc1ccc(CNC(=O)C2CCCN2S(=O)(=O)c2ccc(Cl)s2)cc1. The van der Waals surface area contributed by atoms with E-state index in [9.17, 15) is 13.2 Å². The summed E-state index contributed by atoms with van der Waals surface area (Å²) in [7, 11) is -3.69. The van der Waals surface area contributed by atoms with E-state index in [0.717, 1.165) is 22.5 Å². The standard InChI is InChI=1S/C17H19ClN2O3S2/c1-12-4-6-13(7-5-12)11-19-17(21)14-3-2-10-20(14)25(22,23)16-9-8-15(18)24-16/h4-9,14H,2-3,10-11H2,1H3,(H,19,21). The fraction of sp³-hybridized carbons (Fsp3) is 0.353. The van der Waals surface area contributed by atoms with E-state index in [0.29, 0.717) is 30.3 Å². The number of halogens is 1. The van der Waals surface area contributed by atoms with Crippen molar-refractivity contribution in [3.8, 4) is 0 Å². The molecule has 1 amide bonds. The van der Waals surface area contributed by atoms with Gasteiger partial charge in [0, 0.05) is 13.1 Å². The maximum atomic E-state index is 12.8. The van der Waals surface area contributed by atoms with Gasteiger partial charge >= 0.3 is 0 Å². The van der Waals surface area contributed by atoms with Crippen molar-refractivity contribution >= 4 is 38.9 Å². The zero-order valence-corrected chi connectivity index (χ0v) is 16.1. The summed E-state index contributed by atoms with van der Waals surface area (Å²) < 4.78 is 27.4. The van der Waals surface area contributed by atoms with Crippen LogP contribution in [0.1, 0.15) is 24.0 Å². The highest BCUT2D eigenvalue weighted by Gasteiger charge is 2.39. The largest absolute Gasteiger partial charge is 0.351 e. The number of carbonyl (C=O) groups excluding carboxylic acids is 1. The third-order valence-electron chi connectivity index (χ3n) is 4.21. The predicted octanol–water partition coefficient (Wildman–Crippen LogP) is 3.18. The van der Waals surface area contributed by atoms with Gasteiger partial charge in [-0.1, -0.05) is 41.4 Å². The first-order chi connectivity index (χ1) is 11.9. The zero-order chi connectivity index (χ0) is 18.0. The van der Waals surface area contributed by atoms with Gasteiger partial charge in [0.1, 0.15) is 10.3 Å². The van der Waals surface area contributed by atoms with Crippen LogP contribution in [0.15, 0.2) is 40.6 Å². The molecule has 8 heteroatoms. The third-order valence-corrected chi connectivity index (χ3v) is 7.81. The molecule has 1 atom stereocenters. The first-order valence-corrected chi connectivity index (χ1v) is 10.6. The highest BCUT2D eigenvalue weighted by Crippen LogP contribution is 2.32. The summed E-state index contributed by atoms with van der Waals surface area (Å²) in [6, 6.07) is 10.2. The van der Waals surface area contributed by atoms with Crippen molar-refractivity contribution < 1.29 is 13.2 Å². The molecule has 1 aromatic heterocycles. The van der Waals surface area contributed by atoms with Crippen molar-refractivity contribution in [1.82, 2.24) is 9.62 Å². The fourth-order valence-corrected chi connectivity index (χ4v) is 6.12. The number of amides is 1. The fourth-order valence-electron chi connectivity index (χ4n) is 2.85. The minimum Gasteiger partial charge on any atom is -0.351 e. The number of hydrogen-bond donors (Lipinski definition) is 1. The Labute approximate surface area is 156 Å². The van der Waals surface area contributed by atoms with E-state index in [4.69, 9.17) is 11.6 Å². The highest BCUT2D eigenvalue weighted by molar-refractivity contribution is 7.91. The van der Waals surface area contributed by atoms with Crippen molar-refractivity contribution in [3.05, 3.63) is 51.9 Å². The van der Waals surface area contributed by atoms with Crippen LogP contribution in [0, 0.1) is 6.92 Å². The first kappa shape index (κ1) is 18.4. The number of carbonyl (C=O) groups is 1. The molecule has 3 rings (SSSR count). The molecule has 1 aliphatic rings. The van der Waals surface area contributed by atoms with Gasteiger partial charge in [-0.2, -0.15) is 4.31 Å². The summed E-state index contributed by atoms with van der Waals surface area (Å²) >= 11 is 6.87. The average molecular weight is 399 g/mol. The van der Waals surface area contributed by atoms with Crippen molar-refractivity contribution in [1.29, 1.82) is 0 Å². The minimum atomic E-state index is -3.69. The van der Waals surface area contributed by atoms with Gasteiger partial charge in [-0.25, -0.2) is 8.42 Å². The van der Waals surface area contributed by atoms with Crippen molar-refractivity contribution in [2.24, 2.45) is 0 Å². The predicted molar refractivity (Wildman–Crippen MR) is 99.3 cm³/mol. The Kier molecular flexibility index (Phi) is 5.48. The summed E-state index contributed by atoms with van der Waals surface area (Å²) in [6.07, 6.45) is 1.19. The number of benzene rings is 1. The lowest BCUT2D eigenvalue weighted by atomic mass is 10.1. The van der Waals surface area contributed by atoms with Gasteiger partial charge in [0.25, 0.3) is 10.0 Å². The molecule has 1 aliphatic heterocycles. The summed E-state index contributed by atoms with van der Waals surface area (Å²) in [6.45, 7) is 2.73. The Morgan fingerprint density at radius 3 is 2.64 bits per heavy atom. The molecule has 1 aromatic carbocycles. The number of sulfonamides is 1. The van der Waals surface area contributed by atoms with Gasteiger partial charge in [-0.15, -0.1) is 11.3 Å². The molecule has 2 heterocycles. The van der Waals surface area contributed by atoms with Crippen molar-refractivity contribution in [3.63, 3.8) is 0 Å². The highest BCUT2D eigenvalue weighted by atomic mass is 35.5. The van der Waals surface area contributed by atoms with E-state index in [1.807, 2.05) is 31.2 Å². The van der Waals surface area contributed by atoms with Crippen LogP contribution in [0.4, 0.5) is 0 Å². The van der Waals surface area contributed by atoms with Crippen LogP contribution in [-0.2, 0) is 21.4 Å². The molecule has 1 saturated heterocycles. The molecule has 25 heavy (non-hydrogen) atoms. The van der Waals surface area contributed by atoms with Crippen LogP contribution in [-0.4, -0.2) is 31.2 Å². The molecule has 5 nitrogen and oxygen atoms in total. The summed E-state index contributed by atoms with van der Waals surface area (Å²) in [5.74, 6) is -0.260. The van der Waals surface area contributed by atoms with Gasteiger partial charge in [-0.3, -0.25) is 4.79 Å². The van der Waals surface area contributed by atoms with Crippen LogP contribution < -0.4 is 5.32 Å². The molecule has 0 radical (unpaired) electrons. The van der Waals surface area contributed by atoms with E-state index in [2.05, 4.69) is 5.32 Å². The lowest BCUT2D eigenvalue weighted by Gasteiger charge is -2.22. The van der Waals surface area contributed by atoms with Gasteiger partial charge in [0.2, 0.25) is 5.91 Å². The minimum absolute atomic E-state index is 0.177. The zero-order valence-electron chi connectivity index (χ0n) is 13.7. The van der Waals surface area contributed by atoms with Gasteiger partial charge in [0.15, 0.2) is 0 Å². The van der Waals surface area contributed by atoms with Crippen molar-refractivity contribution in [2.45, 2.75) is 36.6 Å². The number of hydrogen-bond acceptors (Lipinski definition) is 4. The second-order valence-corrected chi connectivity index (χ2v) is 9.87. The third kappa shape index (κ3) is 4.06. The number of aryl methyl sites for hydroxylation is 1. The molecular weight excluding hydrogens is 380 g/mol. The van der Waals surface area contributed by atoms with Gasteiger partial charge in [0.05, 0.1) is 4.34 Å². The van der Waals surface area contributed by atoms with Gasteiger partial charge < -0.3 is 5.32 Å². The molecule has 0 bridgehead atoms. The second kappa shape index (κ2) is 7.45. The maximum absolute atomic E-state index is 12.8. The summed E-state index contributed by atoms with van der Waals surface area (Å²) in [5.41, 5.74) is 2.13. The van der Waals surface area contributed by atoms with Crippen LogP contribution in [0.25, 0.3) is 0 Å². The van der Waals surface area contributed by atoms with Gasteiger partial charge in [-0.05, 0) is 37.5 Å². The maximum Gasteiger partial charge on any atom is 0.253 e. The molecule has 2 aromatic rings. The van der Waals surface area contributed by atoms with E-state index >= 15 is 0 Å². The smallest absolute Gasteiger partial charge is 0.253 e. The summed E-state index contributed by atoms with van der Waals surface area (Å²) in [4.78, 5) is 12.5. The van der Waals surface area contributed by atoms with Crippen molar-refractivity contribution in [2.75, 3.05) is 6.54 Å². The van der Waals surface area contributed by atoms with E-state index in [1.54, 1.807) is 6.07 Å². The number of nitrogens with zero attached hydrogens (tertiary/aromatic N) is 1. The van der Waals surface area contributed by atoms with Crippen LogP contribution >= 0.6 is 22.9 Å². The molecule has 0 aliphatic carbocycles. The van der Waals surface area contributed by atoms with E-state index in [-0.39, 0.29) is 10.1 Å². The van der Waals surface area contributed by atoms with Crippen LogP contribution in [0.3, 0.4) is 0 Å². The Hall–Kier alpha value is -1.41. The Balaban J connectivity index is 1.70. The molecule has 134 valence electrons. The normalized spacial score (nSPS) is 18.4. The molecule has 1 unspecified atom stereocenters. The number of rotatable bonds is 5. The Bertz CT molecular complexity index is 862. The summed E-state index contributed by atoms with van der Waals surface area (Å²) in [5, 5.41) is 2.85. The Morgan fingerprint density at radius 1 is 1.28 bits per heavy atom. The second-order valence-electron chi connectivity index (χ2n) is 6.04. The molecule has 0 spiro atoms. The first-order valence-electron chi connectivity index (χ1n) is 7.98. The van der Waals surface area contributed by atoms with Crippen LogP contribution in [0.2, 0.25) is 4.34 Å². The number of nitrogens with one attached hydrogen (secondary N) is 1. The topological polar surface area (TPSA) is 66.5 Å².